The summed E-state index contributed by atoms with van der Waals surface area (Å²) in [6.07, 6.45) is 0. The van der Waals surface area contributed by atoms with Gasteiger partial charge in [-0.3, -0.25) is 0 Å². The van der Waals surface area contributed by atoms with E-state index >= 15 is 0 Å². The summed E-state index contributed by atoms with van der Waals surface area (Å²) in [6.45, 7) is 1.61. The van der Waals surface area contributed by atoms with Gasteiger partial charge in [0.1, 0.15) is 0 Å². The van der Waals surface area contributed by atoms with Crippen LogP contribution in [0.4, 0.5) is 0 Å². The van der Waals surface area contributed by atoms with Gasteiger partial charge in [0.15, 0.2) is 0 Å². The van der Waals surface area contributed by atoms with E-state index < -0.39 is 20.4 Å². The molecular formula is C3H7O5P2-3. The zero-order valence-electron chi connectivity index (χ0n) is 5.51. The minimum absolute atomic E-state index is 0.736. The van der Waals surface area contributed by atoms with Gasteiger partial charge in [-0.05, 0) is 6.66 Å². The Hall–Kier alpha value is 0.340. The predicted octanol–water partition coefficient (Wildman–Crippen LogP) is -1.49. The second kappa shape index (κ2) is 2.76. The lowest BCUT2D eigenvalue weighted by molar-refractivity contribution is -0.315. The van der Waals surface area contributed by atoms with Gasteiger partial charge in [0.2, 0.25) is 0 Å². The van der Waals surface area contributed by atoms with Crippen molar-refractivity contribution in [1.29, 1.82) is 0 Å². The van der Waals surface area contributed by atoms with Crippen LogP contribution in [0.15, 0.2) is 0 Å². The van der Waals surface area contributed by atoms with E-state index in [9.17, 15) is 23.8 Å². The number of rotatable bonds is 2. The van der Waals surface area contributed by atoms with Gasteiger partial charge < -0.3 is 23.8 Å². The van der Waals surface area contributed by atoms with Crippen molar-refractivity contribution in [2.75, 3.05) is 6.66 Å². The van der Waals surface area contributed by atoms with E-state index in [2.05, 4.69) is 0 Å². The largest absolute Gasteiger partial charge is 0.810 e. The maximum Gasteiger partial charge on any atom is 0.0245 e. The van der Waals surface area contributed by atoms with Crippen LogP contribution in [0.3, 0.4) is 0 Å². The molecule has 0 bridgehead atoms. The van der Waals surface area contributed by atoms with Crippen molar-refractivity contribution in [3.63, 3.8) is 0 Å². The summed E-state index contributed by atoms with van der Waals surface area (Å²) in [5.41, 5.74) is 0. The smallest absolute Gasteiger partial charge is 0.0245 e. The molecule has 0 amide bonds. The zero-order valence-corrected chi connectivity index (χ0v) is 7.30. The highest BCUT2D eigenvalue weighted by Gasteiger charge is 2.14. The molecule has 0 rings (SSSR count). The van der Waals surface area contributed by atoms with Crippen LogP contribution in [0.2, 0.25) is 0 Å². The Kier molecular flexibility index (Phi) is 2.85. The van der Waals surface area contributed by atoms with Crippen LogP contribution in [-0.2, 0) is 9.13 Å². The summed E-state index contributed by atoms with van der Waals surface area (Å²) < 4.78 is 20.5. The third kappa shape index (κ3) is 2.95. The Morgan fingerprint density at radius 3 is 1.50 bits per heavy atom. The molecular weight excluding hydrogens is 178 g/mol. The minimum Gasteiger partial charge on any atom is -0.810 e. The van der Waals surface area contributed by atoms with Crippen LogP contribution < -0.4 is 14.7 Å². The molecule has 0 aromatic carbocycles. The molecule has 0 saturated carbocycles. The summed E-state index contributed by atoms with van der Waals surface area (Å²) in [4.78, 5) is 30.6. The van der Waals surface area contributed by atoms with Crippen molar-refractivity contribution < 1.29 is 23.8 Å². The van der Waals surface area contributed by atoms with Gasteiger partial charge in [-0.15, -0.1) is 0 Å². The summed E-state index contributed by atoms with van der Waals surface area (Å²) in [6, 6.07) is 0. The first-order valence-electron chi connectivity index (χ1n) is 2.45. The fourth-order valence-corrected chi connectivity index (χ4v) is 2.31. The first-order valence-corrected chi connectivity index (χ1v) is 6.21. The van der Waals surface area contributed by atoms with E-state index in [1.165, 1.54) is 0 Å². The standard InChI is InChI=1S/C3H10O5P2/c1-3(9(2,4)5)10(6,7)8/h3H,1-2H3,(H,4,5)(H2,6,7,8)/p-3. The van der Waals surface area contributed by atoms with Crippen LogP contribution in [0.1, 0.15) is 6.92 Å². The van der Waals surface area contributed by atoms with Gasteiger partial charge in [-0.2, -0.15) is 0 Å². The van der Waals surface area contributed by atoms with Crippen LogP contribution in [0, 0.1) is 0 Å². The normalized spacial score (nSPS) is 21.7. The van der Waals surface area contributed by atoms with Crippen LogP contribution in [0.5, 0.6) is 0 Å². The van der Waals surface area contributed by atoms with E-state index in [0.717, 1.165) is 13.6 Å². The molecule has 0 aliphatic heterocycles. The van der Waals surface area contributed by atoms with Crippen molar-refractivity contribution in [3.05, 3.63) is 0 Å². The quantitative estimate of drug-likeness (QED) is 0.487. The molecule has 0 N–H and O–H groups in total. The van der Waals surface area contributed by atoms with E-state index in [0.29, 0.717) is 0 Å². The lowest BCUT2D eigenvalue weighted by atomic mass is 11.0. The average Bonchev–Trinajstić information content (AvgIpc) is 1.59. The number of hydrogen-bond donors (Lipinski definition) is 0. The van der Waals surface area contributed by atoms with E-state index in [4.69, 9.17) is 0 Å². The van der Waals surface area contributed by atoms with Gasteiger partial charge >= 0.3 is 0 Å². The molecule has 62 valence electrons. The Morgan fingerprint density at radius 1 is 1.20 bits per heavy atom. The van der Waals surface area contributed by atoms with Gasteiger partial charge in [0.25, 0.3) is 0 Å². The third-order valence-corrected chi connectivity index (χ3v) is 5.52. The second-order valence-electron chi connectivity index (χ2n) is 2.08. The summed E-state index contributed by atoms with van der Waals surface area (Å²) >= 11 is 0. The first kappa shape index (κ1) is 10.3. The maximum absolute atomic E-state index is 10.4. The highest BCUT2D eigenvalue weighted by molar-refractivity contribution is 7.71. The summed E-state index contributed by atoms with van der Waals surface area (Å²) in [7, 11) is -8.97. The minimum atomic E-state index is -4.95. The maximum atomic E-state index is 10.4. The molecule has 0 aromatic rings. The van der Waals surface area contributed by atoms with E-state index in [1.807, 2.05) is 0 Å². The van der Waals surface area contributed by atoms with E-state index in [1.54, 1.807) is 0 Å². The lowest BCUT2D eigenvalue weighted by Gasteiger charge is -2.41. The highest BCUT2D eigenvalue weighted by Crippen LogP contribution is 2.52. The monoisotopic (exact) mass is 185 g/mol. The topological polar surface area (TPSA) is 103 Å². The van der Waals surface area contributed by atoms with Crippen molar-refractivity contribution in [2.45, 2.75) is 12.3 Å². The predicted molar refractivity (Wildman–Crippen MR) is 30.6 cm³/mol. The lowest BCUT2D eigenvalue weighted by Crippen LogP contribution is -2.26. The molecule has 10 heavy (non-hydrogen) atoms. The molecule has 0 aliphatic carbocycles. The van der Waals surface area contributed by atoms with Crippen molar-refractivity contribution >= 4 is 15.0 Å². The fourth-order valence-electron chi connectivity index (χ4n) is 0.257. The first-order chi connectivity index (χ1) is 4.15. The molecule has 0 saturated heterocycles. The Balaban J connectivity index is 4.56. The second-order valence-corrected chi connectivity index (χ2v) is 6.93. The Morgan fingerprint density at radius 2 is 1.50 bits per heavy atom. The highest BCUT2D eigenvalue weighted by atomic mass is 31.2. The Labute approximate surface area is 58.7 Å². The van der Waals surface area contributed by atoms with Gasteiger partial charge in [0.05, 0.1) is 0 Å². The molecule has 5 nitrogen and oxygen atoms in total. The van der Waals surface area contributed by atoms with Gasteiger partial charge in [-0.1, -0.05) is 14.5 Å². The SMILES string of the molecule is CC(P(C)(=O)[O-])P(=O)([O-])[O-]. The molecule has 0 fully saturated rings. The van der Waals surface area contributed by atoms with Crippen LogP contribution in [0.25, 0.3) is 0 Å². The summed E-state index contributed by atoms with van der Waals surface area (Å²) in [5, 5.41) is -1.79. The molecule has 0 radical (unpaired) electrons. The third-order valence-electron chi connectivity index (χ3n) is 1.14. The molecule has 0 heterocycles. The van der Waals surface area contributed by atoms with E-state index in [-0.39, 0.29) is 0 Å². The average molecular weight is 185 g/mol. The fraction of sp³-hybridized carbons (Fsp3) is 1.00. The molecule has 0 spiro atoms. The van der Waals surface area contributed by atoms with Crippen molar-refractivity contribution in [1.82, 2.24) is 0 Å². The van der Waals surface area contributed by atoms with Crippen LogP contribution in [-0.4, -0.2) is 12.1 Å². The zero-order chi connectivity index (χ0) is 8.58. The molecule has 0 aromatic heterocycles. The molecule has 0 aliphatic rings. The summed E-state index contributed by atoms with van der Waals surface area (Å²) in [5.74, 6) is 0. The van der Waals surface area contributed by atoms with Crippen molar-refractivity contribution in [2.24, 2.45) is 0 Å². The van der Waals surface area contributed by atoms with Crippen molar-refractivity contribution in [3.8, 4) is 0 Å². The van der Waals surface area contributed by atoms with Crippen LogP contribution >= 0.6 is 15.0 Å². The Bertz CT molecular complexity index is 177. The molecule has 2 atom stereocenters. The van der Waals surface area contributed by atoms with Gasteiger partial charge in [-0.25, -0.2) is 0 Å². The molecule has 7 heteroatoms. The number of hydrogen-bond acceptors (Lipinski definition) is 5. The van der Waals surface area contributed by atoms with Gasteiger partial charge in [0, 0.05) is 12.8 Å². The molecule has 2 unspecified atom stereocenters.